The Labute approximate surface area is 200 Å². The van der Waals surface area contributed by atoms with Crippen molar-refractivity contribution in [3.63, 3.8) is 0 Å². The molecule has 2 heterocycles. The number of ether oxygens (including phenoxy) is 1. The molecule has 0 unspecified atom stereocenters. The van der Waals surface area contributed by atoms with Gasteiger partial charge >= 0.3 is 12.3 Å². The molecule has 1 saturated heterocycles. The Balaban J connectivity index is 1.30. The molecule has 0 spiro atoms. The van der Waals surface area contributed by atoms with E-state index in [9.17, 15) is 18.0 Å². The Bertz CT molecular complexity index is 1090. The number of nitriles is 1. The molecule has 1 aliphatic heterocycles. The lowest BCUT2D eigenvalue weighted by Crippen LogP contribution is -2.48. The number of alkyl halides is 3. The zero-order valence-corrected chi connectivity index (χ0v) is 19.0. The lowest BCUT2D eigenvalue weighted by molar-refractivity contribution is -0.137. The first-order valence-corrected chi connectivity index (χ1v) is 11.5. The van der Waals surface area contributed by atoms with E-state index in [1.165, 1.54) is 17.0 Å². The van der Waals surface area contributed by atoms with Gasteiger partial charge in [0.2, 0.25) is 0 Å². The fourth-order valence-corrected chi connectivity index (χ4v) is 4.52. The van der Waals surface area contributed by atoms with Crippen molar-refractivity contribution >= 4 is 17.5 Å². The number of aromatic nitrogens is 1. The van der Waals surface area contributed by atoms with Gasteiger partial charge in [0, 0.05) is 44.0 Å². The maximum atomic E-state index is 13.2. The van der Waals surface area contributed by atoms with Gasteiger partial charge in [-0.15, -0.1) is 0 Å². The highest BCUT2D eigenvalue weighted by molar-refractivity contribution is 5.65. The summed E-state index contributed by atoms with van der Waals surface area (Å²) in [4.78, 5) is 18.8. The van der Waals surface area contributed by atoms with Gasteiger partial charge in [-0.1, -0.05) is 0 Å². The summed E-state index contributed by atoms with van der Waals surface area (Å²) in [6, 6.07) is 7.21. The second-order valence-electron chi connectivity index (χ2n) is 8.74. The second kappa shape index (κ2) is 10.3. The lowest BCUT2D eigenvalue weighted by Gasteiger charge is -2.34. The monoisotopic (exact) mass is 489 g/mol. The summed E-state index contributed by atoms with van der Waals surface area (Å²) in [5, 5.41) is 21.2. The van der Waals surface area contributed by atoms with E-state index in [0.717, 1.165) is 37.4 Å². The van der Waals surface area contributed by atoms with Gasteiger partial charge in [-0.05, 0) is 43.9 Å². The number of hydrogen-bond donors (Lipinski definition) is 2. The van der Waals surface area contributed by atoms with E-state index in [4.69, 9.17) is 15.1 Å². The summed E-state index contributed by atoms with van der Waals surface area (Å²) in [6.45, 7) is 2.03. The molecule has 11 heteroatoms. The van der Waals surface area contributed by atoms with Crippen molar-refractivity contribution in [2.24, 2.45) is 0 Å². The number of benzene rings is 1. The predicted molar refractivity (Wildman–Crippen MR) is 123 cm³/mol. The van der Waals surface area contributed by atoms with E-state index in [1.54, 1.807) is 18.5 Å². The van der Waals surface area contributed by atoms with Crippen molar-refractivity contribution in [1.29, 1.82) is 5.26 Å². The zero-order chi connectivity index (χ0) is 25.0. The highest BCUT2D eigenvalue weighted by atomic mass is 19.4. The fraction of sp³-hybridized carbons (Fsp3) is 0.458. The minimum absolute atomic E-state index is 0.0128. The van der Waals surface area contributed by atoms with Crippen molar-refractivity contribution in [2.75, 3.05) is 36.4 Å². The van der Waals surface area contributed by atoms with Crippen molar-refractivity contribution in [2.45, 2.75) is 44.0 Å². The number of halogens is 3. The van der Waals surface area contributed by atoms with E-state index in [2.05, 4.69) is 15.2 Å². The third-order valence-corrected chi connectivity index (χ3v) is 6.41. The molecule has 1 aromatic heterocycles. The molecule has 2 aromatic rings. The molecule has 0 atom stereocenters. The first-order chi connectivity index (χ1) is 16.7. The number of carboxylic acid groups (broad SMARTS) is 1. The molecule has 2 aliphatic rings. The molecular weight excluding hydrogens is 463 g/mol. The van der Waals surface area contributed by atoms with E-state index in [0.29, 0.717) is 37.6 Å². The molecular formula is C24H26F3N5O3. The second-order valence-corrected chi connectivity index (χ2v) is 8.74. The van der Waals surface area contributed by atoms with Crippen LogP contribution in [-0.4, -0.2) is 59.4 Å². The number of piperazine rings is 1. The Morgan fingerprint density at radius 1 is 1.11 bits per heavy atom. The summed E-state index contributed by atoms with van der Waals surface area (Å²) < 4.78 is 45.8. The summed E-state index contributed by atoms with van der Waals surface area (Å²) in [5.74, 6) is 0.640. The first-order valence-electron chi connectivity index (χ1n) is 11.5. The number of amides is 1. The zero-order valence-electron chi connectivity index (χ0n) is 19.0. The van der Waals surface area contributed by atoms with Crippen LogP contribution < -0.4 is 15.0 Å². The quantitative estimate of drug-likeness (QED) is 0.634. The van der Waals surface area contributed by atoms with Crippen molar-refractivity contribution in [3.05, 3.63) is 47.8 Å². The Hall–Kier alpha value is -3.68. The van der Waals surface area contributed by atoms with Gasteiger partial charge in [0.15, 0.2) is 0 Å². The van der Waals surface area contributed by atoms with Crippen LogP contribution in [0, 0.1) is 11.3 Å². The minimum atomic E-state index is -4.58. The molecule has 0 radical (unpaired) electrons. The maximum Gasteiger partial charge on any atom is 0.417 e. The van der Waals surface area contributed by atoms with Crippen LogP contribution in [0.3, 0.4) is 0 Å². The van der Waals surface area contributed by atoms with Crippen LogP contribution in [0.2, 0.25) is 0 Å². The molecule has 1 saturated carbocycles. The number of pyridine rings is 1. The minimum Gasteiger partial charge on any atom is -0.489 e. The molecule has 35 heavy (non-hydrogen) atoms. The number of rotatable bonds is 5. The average molecular weight is 489 g/mol. The van der Waals surface area contributed by atoms with Gasteiger partial charge in [0.05, 0.1) is 41.4 Å². The summed E-state index contributed by atoms with van der Waals surface area (Å²) in [6.07, 6.45) is 0.801. The van der Waals surface area contributed by atoms with Crippen molar-refractivity contribution in [1.82, 2.24) is 9.88 Å². The fourth-order valence-electron chi connectivity index (χ4n) is 4.52. The summed E-state index contributed by atoms with van der Waals surface area (Å²) in [7, 11) is 0. The smallest absolute Gasteiger partial charge is 0.417 e. The van der Waals surface area contributed by atoms with Crippen LogP contribution in [0.5, 0.6) is 5.75 Å². The van der Waals surface area contributed by atoms with Gasteiger partial charge < -0.3 is 25.0 Å². The van der Waals surface area contributed by atoms with E-state index in [1.807, 2.05) is 6.07 Å². The third-order valence-electron chi connectivity index (χ3n) is 6.41. The molecule has 8 nitrogen and oxygen atoms in total. The number of carbonyl (C=O) groups is 1. The van der Waals surface area contributed by atoms with Crippen LogP contribution in [0.1, 0.15) is 36.8 Å². The molecule has 1 amide bonds. The normalized spacial score (nSPS) is 20.7. The van der Waals surface area contributed by atoms with Gasteiger partial charge in [-0.2, -0.15) is 18.4 Å². The van der Waals surface area contributed by atoms with Gasteiger partial charge in [0.1, 0.15) is 5.75 Å². The van der Waals surface area contributed by atoms with E-state index in [-0.39, 0.29) is 17.7 Å². The highest BCUT2D eigenvalue weighted by Gasteiger charge is 2.34. The van der Waals surface area contributed by atoms with Crippen LogP contribution in [0.4, 0.5) is 29.3 Å². The molecule has 4 rings (SSSR count). The Morgan fingerprint density at radius 3 is 2.46 bits per heavy atom. The SMILES string of the molecule is N#Cc1ccc(NC2CCC(Oc3cncc(N4CCN(C(=O)O)CC4)c3)CC2)cc1C(F)(F)F. The molecule has 2 N–H and O–H groups in total. The van der Waals surface area contributed by atoms with Crippen molar-refractivity contribution < 1.29 is 27.8 Å². The molecule has 1 aliphatic carbocycles. The van der Waals surface area contributed by atoms with Gasteiger partial charge in [-0.25, -0.2) is 4.79 Å². The molecule has 2 fully saturated rings. The van der Waals surface area contributed by atoms with Crippen LogP contribution in [0.15, 0.2) is 36.7 Å². The third kappa shape index (κ3) is 6.07. The largest absolute Gasteiger partial charge is 0.489 e. The van der Waals surface area contributed by atoms with Crippen LogP contribution in [0.25, 0.3) is 0 Å². The van der Waals surface area contributed by atoms with Crippen molar-refractivity contribution in [3.8, 4) is 11.8 Å². The van der Waals surface area contributed by atoms with Gasteiger partial charge in [-0.3, -0.25) is 4.98 Å². The van der Waals surface area contributed by atoms with E-state index < -0.39 is 17.8 Å². The van der Waals surface area contributed by atoms with Gasteiger partial charge in [0.25, 0.3) is 0 Å². The number of anilines is 2. The van der Waals surface area contributed by atoms with Crippen LogP contribution >= 0.6 is 0 Å². The first kappa shape index (κ1) is 24.4. The summed E-state index contributed by atoms with van der Waals surface area (Å²) >= 11 is 0. The molecule has 0 bridgehead atoms. The van der Waals surface area contributed by atoms with E-state index >= 15 is 0 Å². The lowest BCUT2D eigenvalue weighted by atomic mass is 9.92. The molecule has 186 valence electrons. The highest BCUT2D eigenvalue weighted by Crippen LogP contribution is 2.34. The number of nitrogens with zero attached hydrogens (tertiary/aromatic N) is 4. The Kier molecular flexibility index (Phi) is 7.19. The predicted octanol–water partition coefficient (Wildman–Crippen LogP) is 4.57. The topological polar surface area (TPSA) is 102 Å². The summed E-state index contributed by atoms with van der Waals surface area (Å²) in [5.41, 5.74) is -0.0942. The standard InChI is InChI=1S/C24H26F3N5O3/c25-24(26,27)22-11-18(2-1-16(22)13-28)30-17-3-5-20(6-4-17)35-21-12-19(14-29-15-21)31-7-9-32(10-8-31)23(33)34/h1-2,11-12,14-15,17,20,30H,3-10H2,(H,33,34). The Morgan fingerprint density at radius 2 is 1.83 bits per heavy atom. The van der Waals surface area contributed by atoms with Crippen LogP contribution in [-0.2, 0) is 6.18 Å². The average Bonchev–Trinajstić information content (AvgIpc) is 2.85. The number of hydrogen-bond acceptors (Lipinski definition) is 6. The molecule has 1 aromatic carbocycles. The maximum absolute atomic E-state index is 13.2. The number of nitrogens with one attached hydrogen (secondary N) is 1.